The molecule has 0 amide bonds. The molecule has 0 fully saturated rings. The van der Waals surface area contributed by atoms with E-state index in [9.17, 15) is 0 Å². The van der Waals surface area contributed by atoms with Crippen molar-refractivity contribution in [3.05, 3.63) is 158 Å². The number of ether oxygens (including phenoxy) is 1. The Hall–Kier alpha value is -5.77. The molecule has 6 aromatic carbocycles. The van der Waals surface area contributed by atoms with Gasteiger partial charge in [-0.3, -0.25) is 9.97 Å². The summed E-state index contributed by atoms with van der Waals surface area (Å²) in [5.74, 6) is 1.20. The van der Waals surface area contributed by atoms with E-state index in [1.807, 2.05) is 36.9 Å². The average Bonchev–Trinajstić information content (AvgIpc) is 3.84. The summed E-state index contributed by atoms with van der Waals surface area (Å²) in [6.45, 7) is 0. The van der Waals surface area contributed by atoms with Gasteiger partial charge in [-0.05, 0) is 33.5 Å². The van der Waals surface area contributed by atoms with Crippen molar-refractivity contribution >= 4 is 54.6 Å². The third-order valence-corrected chi connectivity index (χ3v) is 9.10. The molecule has 0 aliphatic rings. The number of para-hydroxylation sites is 1. The van der Waals surface area contributed by atoms with Gasteiger partial charge in [-0.1, -0.05) is 137 Å². The van der Waals surface area contributed by atoms with E-state index in [0.717, 1.165) is 76.9 Å². The zero-order chi connectivity index (χ0) is 30.9. The minimum atomic E-state index is 0. The van der Waals surface area contributed by atoms with Crippen molar-refractivity contribution < 1.29 is 25.8 Å². The fraction of sp³-hybridized carbons (Fsp3) is 0. The van der Waals surface area contributed by atoms with Crippen LogP contribution in [0, 0.1) is 12.1 Å². The molecule has 0 N–H and O–H groups in total. The third kappa shape index (κ3) is 4.28. The van der Waals surface area contributed by atoms with Crippen LogP contribution < -0.4 is 4.74 Å². The second kappa shape index (κ2) is 11.2. The van der Waals surface area contributed by atoms with Crippen LogP contribution >= 0.6 is 0 Å². The molecule has 0 saturated carbocycles. The van der Waals surface area contributed by atoms with Crippen LogP contribution in [0.2, 0.25) is 0 Å². The van der Waals surface area contributed by atoms with Crippen molar-refractivity contribution in [1.82, 2.24) is 18.8 Å². The molecule has 4 aromatic heterocycles. The molecular weight excluding hydrogens is 772 g/mol. The molecule has 6 heteroatoms. The van der Waals surface area contributed by atoms with E-state index in [1.54, 1.807) is 0 Å². The molecule has 0 aliphatic carbocycles. The van der Waals surface area contributed by atoms with Crippen molar-refractivity contribution in [3.63, 3.8) is 0 Å². The van der Waals surface area contributed by atoms with Gasteiger partial charge in [0.15, 0.2) is 0 Å². The maximum atomic E-state index is 6.49. The van der Waals surface area contributed by atoms with Gasteiger partial charge in [0.1, 0.15) is 0 Å². The summed E-state index contributed by atoms with van der Waals surface area (Å²) in [6, 6.07) is 49.2. The number of benzene rings is 6. The van der Waals surface area contributed by atoms with Crippen LogP contribution in [0.15, 0.2) is 146 Å². The summed E-state index contributed by atoms with van der Waals surface area (Å²) in [7, 11) is 0. The van der Waals surface area contributed by atoms with E-state index in [1.165, 1.54) is 0 Å². The van der Waals surface area contributed by atoms with Crippen molar-refractivity contribution in [2.75, 3.05) is 0 Å². The second-order valence-corrected chi connectivity index (χ2v) is 11.7. The van der Waals surface area contributed by atoms with Crippen LogP contribution in [0.4, 0.5) is 0 Å². The molecule has 0 saturated heterocycles. The number of nitrogens with zero attached hydrogens (tertiary/aromatic N) is 4. The normalized spacial score (nSPS) is 11.6. The van der Waals surface area contributed by atoms with E-state index >= 15 is 0 Å². The van der Waals surface area contributed by atoms with Crippen molar-refractivity contribution in [3.8, 4) is 33.8 Å². The quantitative estimate of drug-likeness (QED) is 0.132. The van der Waals surface area contributed by atoms with Crippen molar-refractivity contribution in [2.45, 2.75) is 0 Å². The van der Waals surface area contributed by atoms with Gasteiger partial charge in [-0.15, -0.1) is 12.1 Å². The fourth-order valence-corrected chi connectivity index (χ4v) is 7.06. The SMILES string of the molecule is [Pt+2].[c-]1c(Oc2[c-]c3c(cc2)c2c(-c4ccccc4)ccc(-c4ccccc4)c2n2ccnc32)ccc2c1c1nccn1c1ccccc21. The topological polar surface area (TPSA) is 43.8 Å². The van der Waals surface area contributed by atoms with Crippen LogP contribution in [-0.2, 0) is 21.1 Å². The van der Waals surface area contributed by atoms with Crippen LogP contribution in [0.25, 0.3) is 76.9 Å². The Balaban J connectivity index is 0.00000314. The van der Waals surface area contributed by atoms with Gasteiger partial charge in [-0.25, -0.2) is 0 Å². The summed E-state index contributed by atoms with van der Waals surface area (Å²) in [5.41, 5.74) is 8.50. The van der Waals surface area contributed by atoms with Gasteiger partial charge in [0.25, 0.3) is 0 Å². The minimum Gasteiger partial charge on any atom is -0.497 e. The number of hydrogen-bond donors (Lipinski definition) is 0. The number of hydrogen-bond acceptors (Lipinski definition) is 3. The van der Waals surface area contributed by atoms with Gasteiger partial charge in [-0.2, -0.15) is 0 Å². The molecule has 4 heterocycles. The van der Waals surface area contributed by atoms with E-state index < -0.39 is 0 Å². The van der Waals surface area contributed by atoms with Crippen LogP contribution in [0.5, 0.6) is 11.5 Å². The van der Waals surface area contributed by atoms with Crippen molar-refractivity contribution in [1.29, 1.82) is 0 Å². The standard InChI is InChI=1S/C42H24N4O.Pt/c1-3-9-27(10-4-1)31-19-20-32(28-11-5-2-6-12-28)40-39(31)35-18-16-30(26-37(35)42-44-22-24-46(40)42)47-29-15-17-33-34-13-7-8-14-38(34)45-23-21-43-41(45)36(33)25-29;/h1-24H;/q-2;+2. The molecule has 48 heavy (non-hydrogen) atoms. The minimum absolute atomic E-state index is 0. The van der Waals surface area contributed by atoms with E-state index in [0.29, 0.717) is 11.5 Å². The van der Waals surface area contributed by atoms with E-state index in [4.69, 9.17) is 9.72 Å². The molecule has 10 aromatic rings. The summed E-state index contributed by atoms with van der Waals surface area (Å²) in [4.78, 5) is 9.50. The molecular formula is C42H24N4OPt. The zero-order valence-electron chi connectivity index (χ0n) is 25.4. The number of fused-ring (bicyclic) bond motifs is 12. The summed E-state index contributed by atoms with van der Waals surface area (Å²) < 4.78 is 10.8. The Labute approximate surface area is 290 Å². The molecule has 228 valence electrons. The summed E-state index contributed by atoms with van der Waals surface area (Å²) in [5, 5.41) is 6.25. The average molecular weight is 796 g/mol. The van der Waals surface area contributed by atoms with Crippen LogP contribution in [0.3, 0.4) is 0 Å². The first kappa shape index (κ1) is 28.5. The predicted molar refractivity (Wildman–Crippen MR) is 189 cm³/mol. The molecule has 0 radical (unpaired) electrons. The predicted octanol–water partition coefficient (Wildman–Crippen LogP) is 10.3. The van der Waals surface area contributed by atoms with E-state index in [2.05, 4.69) is 135 Å². The Morgan fingerprint density at radius 2 is 1.06 bits per heavy atom. The Morgan fingerprint density at radius 1 is 0.500 bits per heavy atom. The first-order valence-electron chi connectivity index (χ1n) is 15.6. The maximum Gasteiger partial charge on any atom is 2.00 e. The molecule has 0 spiro atoms. The largest absolute Gasteiger partial charge is 2.00 e. The Bertz CT molecular complexity index is 2820. The molecule has 0 unspecified atom stereocenters. The monoisotopic (exact) mass is 795 g/mol. The Morgan fingerprint density at radius 3 is 1.79 bits per heavy atom. The van der Waals surface area contributed by atoms with Crippen molar-refractivity contribution in [2.24, 2.45) is 0 Å². The Kier molecular flexibility index (Phi) is 6.63. The molecule has 5 nitrogen and oxygen atoms in total. The second-order valence-electron chi connectivity index (χ2n) is 11.7. The summed E-state index contributed by atoms with van der Waals surface area (Å²) >= 11 is 0. The number of pyridine rings is 2. The number of imidazole rings is 2. The number of rotatable bonds is 4. The first-order chi connectivity index (χ1) is 23.3. The van der Waals surface area contributed by atoms with Crippen LogP contribution in [0.1, 0.15) is 0 Å². The molecule has 10 rings (SSSR count). The molecule has 0 atom stereocenters. The van der Waals surface area contributed by atoms with Gasteiger partial charge < -0.3 is 13.5 Å². The fourth-order valence-electron chi connectivity index (χ4n) is 7.06. The molecule has 0 aliphatic heterocycles. The van der Waals surface area contributed by atoms with Gasteiger partial charge in [0.2, 0.25) is 0 Å². The van der Waals surface area contributed by atoms with Crippen LogP contribution in [-0.4, -0.2) is 18.8 Å². The summed E-state index contributed by atoms with van der Waals surface area (Å²) in [6.07, 6.45) is 7.71. The molecule has 0 bridgehead atoms. The van der Waals surface area contributed by atoms with Gasteiger partial charge >= 0.3 is 21.1 Å². The van der Waals surface area contributed by atoms with Gasteiger partial charge in [0, 0.05) is 52.9 Å². The zero-order valence-corrected chi connectivity index (χ0v) is 27.6. The van der Waals surface area contributed by atoms with E-state index in [-0.39, 0.29) is 21.1 Å². The van der Waals surface area contributed by atoms with Gasteiger partial charge in [0.05, 0.1) is 11.3 Å². The first-order valence-corrected chi connectivity index (χ1v) is 15.6. The smallest absolute Gasteiger partial charge is 0.497 e. The maximum absolute atomic E-state index is 6.49. The third-order valence-electron chi connectivity index (χ3n) is 9.10. The number of aromatic nitrogens is 4.